The summed E-state index contributed by atoms with van der Waals surface area (Å²) in [6.07, 6.45) is -31.3. The number of rotatable bonds is 18. The van der Waals surface area contributed by atoms with Gasteiger partial charge < -0.3 is 124 Å². The minimum atomic E-state index is -2.66. The van der Waals surface area contributed by atoms with Crippen molar-refractivity contribution in [3.8, 4) is 11.5 Å². The molecule has 0 amide bonds. The predicted molar refractivity (Wildman–Crippen MR) is 240 cm³/mol. The fourth-order valence-corrected chi connectivity index (χ4v) is 8.87. The molecule has 5 saturated heterocycles. The summed E-state index contributed by atoms with van der Waals surface area (Å²) >= 11 is 0. The number of aliphatic hydroxyl groups is 12. The van der Waals surface area contributed by atoms with Crippen molar-refractivity contribution in [3.63, 3.8) is 0 Å². The first-order chi connectivity index (χ1) is 35.2. The van der Waals surface area contributed by atoms with Gasteiger partial charge in [-0.15, -0.1) is 0 Å². The summed E-state index contributed by atoms with van der Waals surface area (Å²) in [5.41, 5.74) is -1.20. The minimum Gasteiger partial charge on any atom is -0.508 e. The number of carbonyl (C=O) groups is 2. The van der Waals surface area contributed by atoms with Gasteiger partial charge in [-0.3, -0.25) is 0 Å². The zero-order valence-corrected chi connectivity index (χ0v) is 39.6. The topological polar surface area (TPSA) is 419 Å². The molecule has 0 aromatic heterocycles. The van der Waals surface area contributed by atoms with Crippen molar-refractivity contribution in [1.29, 1.82) is 0 Å². The van der Waals surface area contributed by atoms with Crippen LogP contribution in [0, 0.1) is 0 Å². The first kappa shape index (κ1) is 57.3. The van der Waals surface area contributed by atoms with Crippen LogP contribution in [0.4, 0.5) is 0 Å². The van der Waals surface area contributed by atoms with E-state index in [-0.39, 0.29) is 11.5 Å². The molecule has 0 radical (unpaired) electrons. The molecule has 5 aliphatic rings. The third-order valence-corrected chi connectivity index (χ3v) is 13.1. The molecule has 7 rings (SSSR count). The van der Waals surface area contributed by atoms with Crippen molar-refractivity contribution in [1.82, 2.24) is 0 Å². The van der Waals surface area contributed by atoms with Crippen LogP contribution in [0.25, 0.3) is 12.2 Å². The molecule has 5 fully saturated rings. The van der Waals surface area contributed by atoms with Gasteiger partial charge in [0.1, 0.15) is 97.0 Å². The summed E-state index contributed by atoms with van der Waals surface area (Å²) in [7, 11) is 0. The Morgan fingerprint density at radius 3 is 1.54 bits per heavy atom. The molecular weight excluding hydrogens is 996 g/mol. The number of hydrogen-bond donors (Lipinski definition) is 14. The molecular formula is C47H62O27. The van der Waals surface area contributed by atoms with Gasteiger partial charge in [0.25, 0.3) is 0 Å². The first-order valence-electron chi connectivity index (χ1n) is 23.3. The van der Waals surface area contributed by atoms with Crippen LogP contribution in [0.5, 0.6) is 11.5 Å². The standard InChI is InChI=1S/C47H62O27/c1-20-36(70-42-33(59)32(58)37(21(2)65-42)71-45-40(62)46(63,17-50)19-64-45)31(57)34(60)43(66-20)72-39-35(61)44(67-27(16-49)38(39)68-28(54)13-7-22-3-9-24(52)10-4-22)74-47(18-51)41(30(56)26(15-48)73-47)69-29(55)14-8-23-5-11-25(53)12-6-23/h3-14,20-21,26-27,30-45,48-53,56-63H,15-19H2,1-2H3/b13-7+,14-8+/t20-,21-,26+,27+,30+,31-,32-,33+,34+,35+,36-,37-,38+,39+,40-,41-,42-,43-,44+,45-,46+,47-/m0/s1. The lowest BCUT2D eigenvalue weighted by Gasteiger charge is -2.49. The first-order valence-corrected chi connectivity index (χ1v) is 23.3. The summed E-state index contributed by atoms with van der Waals surface area (Å²) in [5, 5.41) is 150. The van der Waals surface area contributed by atoms with Crippen LogP contribution in [0.15, 0.2) is 60.7 Å². The Kier molecular flexibility index (Phi) is 18.8. The predicted octanol–water partition coefficient (Wildman–Crippen LogP) is -5.29. The van der Waals surface area contributed by atoms with Gasteiger partial charge in [0.15, 0.2) is 37.4 Å². The molecule has 27 nitrogen and oxygen atoms in total. The second-order valence-electron chi connectivity index (χ2n) is 18.3. The van der Waals surface area contributed by atoms with Crippen molar-refractivity contribution < 1.29 is 133 Å². The Bertz CT molecular complexity index is 2220. The third kappa shape index (κ3) is 12.4. The maximum atomic E-state index is 13.4. The number of carbonyl (C=O) groups excluding carboxylic acids is 2. The van der Waals surface area contributed by atoms with E-state index in [1.807, 2.05) is 0 Å². The second kappa shape index (κ2) is 24.3. The molecule has 0 aliphatic carbocycles. The molecule has 0 saturated carbocycles. The van der Waals surface area contributed by atoms with E-state index in [0.717, 1.165) is 12.2 Å². The minimum absolute atomic E-state index is 0.0487. The average Bonchev–Trinajstić information content (AvgIpc) is 3.82. The zero-order chi connectivity index (χ0) is 53.8. The van der Waals surface area contributed by atoms with E-state index in [4.69, 9.17) is 52.1 Å². The maximum Gasteiger partial charge on any atom is 0.331 e. The lowest BCUT2D eigenvalue weighted by Crippen LogP contribution is -2.67. The molecule has 22 atom stereocenters. The summed E-state index contributed by atoms with van der Waals surface area (Å²) < 4.78 is 63.2. The van der Waals surface area contributed by atoms with E-state index in [1.165, 1.54) is 74.5 Å². The number of hydrogen-bond acceptors (Lipinski definition) is 27. The van der Waals surface area contributed by atoms with Crippen molar-refractivity contribution in [3.05, 3.63) is 71.8 Å². The fourth-order valence-electron chi connectivity index (χ4n) is 8.87. The highest BCUT2D eigenvalue weighted by Crippen LogP contribution is 2.40. The van der Waals surface area contributed by atoms with Gasteiger partial charge in [-0.25, -0.2) is 9.59 Å². The highest BCUT2D eigenvalue weighted by molar-refractivity contribution is 5.87. The van der Waals surface area contributed by atoms with Crippen LogP contribution in [0.1, 0.15) is 25.0 Å². The van der Waals surface area contributed by atoms with Crippen LogP contribution in [-0.4, -0.2) is 251 Å². The second-order valence-corrected chi connectivity index (χ2v) is 18.3. The number of aromatic hydroxyl groups is 2. The Balaban J connectivity index is 1.10. The van der Waals surface area contributed by atoms with Gasteiger partial charge in [0, 0.05) is 12.2 Å². The average molecular weight is 1060 g/mol. The van der Waals surface area contributed by atoms with Crippen LogP contribution in [0.2, 0.25) is 0 Å². The summed E-state index contributed by atoms with van der Waals surface area (Å²) in [6, 6.07) is 11.3. The molecule has 74 heavy (non-hydrogen) atoms. The van der Waals surface area contributed by atoms with Crippen LogP contribution in [-0.2, 0) is 61.7 Å². The van der Waals surface area contributed by atoms with E-state index >= 15 is 0 Å². The monoisotopic (exact) mass is 1060 g/mol. The largest absolute Gasteiger partial charge is 0.508 e. The van der Waals surface area contributed by atoms with Gasteiger partial charge >= 0.3 is 11.9 Å². The molecule has 412 valence electrons. The molecule has 0 bridgehead atoms. The van der Waals surface area contributed by atoms with E-state index in [1.54, 1.807) is 0 Å². The SMILES string of the molecule is C[C@@H]1O[C@@H](O[C@@H]2[C@@H](O)[C@@H](O[C@]3(CO)O[C@H](CO)[C@@H](O)[C@@H]3OC(=O)/C=C/c3ccc(O)cc3)O[C@H](CO)[C@H]2OC(=O)/C=C/c2ccc(O)cc2)[C@H](O)[C@H](O)[C@H]1O[C@@H]1O[C@@H](C)[C@H](O[C@@H]2OC[C@](O)(CO)[C@H]2O)[C@@H](O)[C@H]1O. The van der Waals surface area contributed by atoms with Crippen LogP contribution in [0.3, 0.4) is 0 Å². The lowest BCUT2D eigenvalue weighted by atomic mass is 9.96. The van der Waals surface area contributed by atoms with Crippen molar-refractivity contribution in [2.45, 2.75) is 148 Å². The Morgan fingerprint density at radius 1 is 0.581 bits per heavy atom. The molecule has 14 N–H and O–H groups in total. The number of phenols is 2. The van der Waals surface area contributed by atoms with Gasteiger partial charge in [0.2, 0.25) is 5.79 Å². The third-order valence-electron chi connectivity index (χ3n) is 13.1. The van der Waals surface area contributed by atoms with Gasteiger partial charge in [0.05, 0.1) is 38.6 Å². The van der Waals surface area contributed by atoms with Gasteiger partial charge in [-0.05, 0) is 61.4 Å². The maximum absolute atomic E-state index is 13.4. The highest BCUT2D eigenvalue weighted by atomic mass is 16.8. The summed E-state index contributed by atoms with van der Waals surface area (Å²) in [6.45, 7) is -1.86. The zero-order valence-electron chi connectivity index (χ0n) is 39.6. The number of phenolic OH excluding ortho intramolecular Hbond substituents is 2. The van der Waals surface area contributed by atoms with Crippen LogP contribution >= 0.6 is 0 Å². The van der Waals surface area contributed by atoms with Crippen molar-refractivity contribution >= 4 is 24.1 Å². The normalized spacial score (nSPS) is 41.7. The molecule has 5 heterocycles. The van der Waals surface area contributed by atoms with Crippen molar-refractivity contribution in [2.75, 3.05) is 33.0 Å². The summed E-state index contributed by atoms with van der Waals surface area (Å²) in [5.74, 6) is -5.00. The fraction of sp³-hybridized carbons (Fsp3) is 0.617. The molecule has 0 unspecified atom stereocenters. The Labute approximate surface area is 421 Å². The number of ether oxygens (including phenoxy) is 11. The molecule has 0 spiro atoms. The lowest BCUT2D eigenvalue weighted by molar-refractivity contribution is -0.402. The van der Waals surface area contributed by atoms with Gasteiger partial charge in [-0.1, -0.05) is 24.3 Å². The molecule has 5 aliphatic heterocycles. The quantitative estimate of drug-likeness (QED) is 0.0490. The Hall–Kier alpha value is -4.38. The summed E-state index contributed by atoms with van der Waals surface area (Å²) in [4.78, 5) is 26.5. The number of esters is 2. The smallest absolute Gasteiger partial charge is 0.331 e. The Morgan fingerprint density at radius 2 is 1.07 bits per heavy atom. The van der Waals surface area contributed by atoms with E-state index in [2.05, 4.69) is 0 Å². The molecule has 27 heteroatoms. The van der Waals surface area contributed by atoms with Crippen molar-refractivity contribution in [2.24, 2.45) is 0 Å². The van der Waals surface area contributed by atoms with E-state index in [9.17, 15) is 81.1 Å². The number of benzene rings is 2. The number of aliphatic hydroxyl groups excluding tert-OH is 11. The van der Waals surface area contributed by atoms with Crippen LogP contribution < -0.4 is 0 Å². The molecule has 2 aromatic carbocycles. The molecule has 2 aromatic rings. The highest BCUT2D eigenvalue weighted by Gasteiger charge is 2.62. The van der Waals surface area contributed by atoms with Gasteiger partial charge in [-0.2, -0.15) is 0 Å². The van der Waals surface area contributed by atoms with E-state index < -0.39 is 179 Å². The van der Waals surface area contributed by atoms with E-state index in [0.29, 0.717) is 11.1 Å².